The van der Waals surface area contributed by atoms with Crippen molar-refractivity contribution in [2.24, 2.45) is 7.05 Å². The van der Waals surface area contributed by atoms with Gasteiger partial charge in [0.25, 0.3) is 0 Å². The molecule has 0 radical (unpaired) electrons. The summed E-state index contributed by atoms with van der Waals surface area (Å²) in [6.07, 6.45) is 4.25. The van der Waals surface area contributed by atoms with E-state index in [9.17, 15) is 9.90 Å². The standard InChI is InChI=1S/C13H16N4O2S/c1-4-9-15-8(2)11(13(18)19)12(16-9)20-7-10-14-5-6-17(10)3/h5-6H,4,7H2,1-3H3,(H,18,19). The van der Waals surface area contributed by atoms with Gasteiger partial charge in [0, 0.05) is 25.9 Å². The Kier molecular flexibility index (Phi) is 4.39. The van der Waals surface area contributed by atoms with Gasteiger partial charge in [-0.05, 0) is 6.92 Å². The minimum absolute atomic E-state index is 0.182. The van der Waals surface area contributed by atoms with Crippen molar-refractivity contribution in [2.75, 3.05) is 0 Å². The molecule has 0 saturated heterocycles. The average molecular weight is 292 g/mol. The van der Waals surface area contributed by atoms with E-state index in [0.717, 1.165) is 5.82 Å². The van der Waals surface area contributed by atoms with Crippen LogP contribution in [0.4, 0.5) is 0 Å². The molecule has 20 heavy (non-hydrogen) atoms. The number of rotatable bonds is 5. The Hall–Kier alpha value is -1.89. The van der Waals surface area contributed by atoms with Gasteiger partial charge in [-0.2, -0.15) is 0 Å². The van der Waals surface area contributed by atoms with Gasteiger partial charge in [0.2, 0.25) is 0 Å². The number of carboxylic acids is 1. The number of hydrogen-bond donors (Lipinski definition) is 1. The molecule has 0 aliphatic carbocycles. The summed E-state index contributed by atoms with van der Waals surface area (Å²) in [6, 6.07) is 0. The highest BCUT2D eigenvalue weighted by molar-refractivity contribution is 7.98. The van der Waals surface area contributed by atoms with Crippen LogP contribution in [0.2, 0.25) is 0 Å². The van der Waals surface area contributed by atoms with E-state index in [-0.39, 0.29) is 5.56 Å². The molecule has 0 aromatic carbocycles. The number of carboxylic acid groups (broad SMARTS) is 1. The fourth-order valence-electron chi connectivity index (χ4n) is 1.78. The molecule has 6 nitrogen and oxygen atoms in total. The predicted molar refractivity (Wildman–Crippen MR) is 75.9 cm³/mol. The lowest BCUT2D eigenvalue weighted by Gasteiger charge is -2.09. The van der Waals surface area contributed by atoms with E-state index >= 15 is 0 Å². The minimum Gasteiger partial charge on any atom is -0.478 e. The fraction of sp³-hybridized carbons (Fsp3) is 0.385. The maximum atomic E-state index is 11.4. The fourth-order valence-corrected chi connectivity index (χ4v) is 2.87. The van der Waals surface area contributed by atoms with Crippen LogP contribution in [0.15, 0.2) is 17.4 Å². The first-order valence-electron chi connectivity index (χ1n) is 6.22. The summed E-state index contributed by atoms with van der Waals surface area (Å²) in [5.41, 5.74) is 0.688. The number of carbonyl (C=O) groups is 1. The van der Waals surface area contributed by atoms with Crippen LogP contribution >= 0.6 is 11.8 Å². The Morgan fingerprint density at radius 3 is 2.75 bits per heavy atom. The molecule has 0 amide bonds. The second kappa shape index (κ2) is 6.04. The molecule has 106 valence electrons. The van der Waals surface area contributed by atoms with E-state index in [4.69, 9.17) is 0 Å². The largest absolute Gasteiger partial charge is 0.478 e. The monoisotopic (exact) mass is 292 g/mol. The van der Waals surface area contributed by atoms with Crippen molar-refractivity contribution in [1.82, 2.24) is 19.5 Å². The zero-order valence-electron chi connectivity index (χ0n) is 11.6. The molecule has 2 aromatic rings. The molecule has 0 aliphatic rings. The number of aromatic carboxylic acids is 1. The third kappa shape index (κ3) is 2.98. The number of aryl methyl sites for hydroxylation is 3. The van der Waals surface area contributed by atoms with Crippen molar-refractivity contribution in [3.63, 3.8) is 0 Å². The van der Waals surface area contributed by atoms with Crippen molar-refractivity contribution >= 4 is 17.7 Å². The number of hydrogen-bond acceptors (Lipinski definition) is 5. The van der Waals surface area contributed by atoms with Gasteiger partial charge < -0.3 is 9.67 Å². The summed E-state index contributed by atoms with van der Waals surface area (Å²) in [6.45, 7) is 3.65. The van der Waals surface area contributed by atoms with E-state index in [1.807, 2.05) is 24.7 Å². The highest BCUT2D eigenvalue weighted by Crippen LogP contribution is 2.25. The highest BCUT2D eigenvalue weighted by atomic mass is 32.2. The maximum absolute atomic E-state index is 11.4. The Balaban J connectivity index is 2.31. The molecule has 2 rings (SSSR count). The average Bonchev–Trinajstić information content (AvgIpc) is 2.80. The van der Waals surface area contributed by atoms with Crippen LogP contribution in [0.3, 0.4) is 0 Å². The zero-order valence-corrected chi connectivity index (χ0v) is 12.4. The van der Waals surface area contributed by atoms with Crippen molar-refractivity contribution in [3.05, 3.63) is 35.3 Å². The molecule has 0 bridgehead atoms. The van der Waals surface area contributed by atoms with Crippen LogP contribution in [-0.2, 0) is 19.2 Å². The SMILES string of the molecule is CCc1nc(C)c(C(=O)O)c(SCc2nccn2C)n1. The molecular formula is C13H16N4O2S. The number of imidazole rings is 1. The molecule has 0 unspecified atom stereocenters. The van der Waals surface area contributed by atoms with Crippen LogP contribution in [0.5, 0.6) is 0 Å². The smallest absolute Gasteiger partial charge is 0.340 e. The molecule has 2 heterocycles. The first-order valence-corrected chi connectivity index (χ1v) is 7.21. The molecule has 0 saturated carbocycles. The van der Waals surface area contributed by atoms with E-state index in [0.29, 0.717) is 28.7 Å². The van der Waals surface area contributed by atoms with Crippen molar-refractivity contribution in [3.8, 4) is 0 Å². The molecule has 7 heteroatoms. The molecule has 0 aliphatic heterocycles. The summed E-state index contributed by atoms with van der Waals surface area (Å²) in [4.78, 5) is 24.1. The molecule has 0 atom stereocenters. The van der Waals surface area contributed by atoms with Gasteiger partial charge >= 0.3 is 5.97 Å². The van der Waals surface area contributed by atoms with Gasteiger partial charge in [-0.25, -0.2) is 19.7 Å². The lowest BCUT2D eigenvalue weighted by molar-refractivity contribution is 0.0690. The van der Waals surface area contributed by atoms with Crippen molar-refractivity contribution in [2.45, 2.75) is 31.0 Å². The van der Waals surface area contributed by atoms with E-state index in [2.05, 4.69) is 15.0 Å². The van der Waals surface area contributed by atoms with Gasteiger partial charge in [0.1, 0.15) is 22.2 Å². The summed E-state index contributed by atoms with van der Waals surface area (Å²) < 4.78 is 1.90. The van der Waals surface area contributed by atoms with Crippen molar-refractivity contribution in [1.29, 1.82) is 0 Å². The van der Waals surface area contributed by atoms with E-state index < -0.39 is 5.97 Å². The quantitative estimate of drug-likeness (QED) is 0.671. The Bertz CT molecular complexity index is 639. The third-order valence-corrected chi connectivity index (χ3v) is 3.86. The summed E-state index contributed by atoms with van der Waals surface area (Å²) in [7, 11) is 1.91. The molecular weight excluding hydrogens is 276 g/mol. The minimum atomic E-state index is -0.993. The highest BCUT2D eigenvalue weighted by Gasteiger charge is 2.18. The van der Waals surface area contributed by atoms with Gasteiger partial charge in [-0.3, -0.25) is 0 Å². The lowest BCUT2D eigenvalue weighted by Crippen LogP contribution is -2.09. The third-order valence-electron chi connectivity index (χ3n) is 2.89. The van der Waals surface area contributed by atoms with Crippen LogP contribution in [0.1, 0.15) is 34.6 Å². The van der Waals surface area contributed by atoms with Gasteiger partial charge in [0.05, 0.1) is 11.4 Å². The molecule has 2 aromatic heterocycles. The summed E-state index contributed by atoms with van der Waals surface area (Å²) >= 11 is 1.38. The van der Waals surface area contributed by atoms with Gasteiger partial charge in [0.15, 0.2) is 0 Å². The summed E-state index contributed by atoms with van der Waals surface area (Å²) in [5, 5.41) is 9.81. The number of nitrogens with zero attached hydrogens (tertiary/aromatic N) is 4. The zero-order chi connectivity index (χ0) is 14.7. The van der Waals surface area contributed by atoms with Crippen molar-refractivity contribution < 1.29 is 9.90 Å². The normalized spacial score (nSPS) is 10.8. The lowest BCUT2D eigenvalue weighted by atomic mass is 10.2. The second-order valence-electron chi connectivity index (χ2n) is 4.31. The second-order valence-corrected chi connectivity index (χ2v) is 5.27. The van der Waals surface area contributed by atoms with Gasteiger partial charge in [-0.1, -0.05) is 18.7 Å². The Labute approximate surface area is 121 Å². The first-order chi connectivity index (χ1) is 9.52. The first kappa shape index (κ1) is 14.5. The molecule has 1 N–H and O–H groups in total. The Morgan fingerprint density at radius 2 is 2.20 bits per heavy atom. The predicted octanol–water partition coefficient (Wildman–Crippen LogP) is 2.07. The van der Waals surface area contributed by atoms with Crippen LogP contribution in [-0.4, -0.2) is 30.6 Å². The number of thioether (sulfide) groups is 1. The van der Waals surface area contributed by atoms with Crippen LogP contribution in [0.25, 0.3) is 0 Å². The van der Waals surface area contributed by atoms with Gasteiger partial charge in [-0.15, -0.1) is 0 Å². The van der Waals surface area contributed by atoms with Crippen LogP contribution < -0.4 is 0 Å². The Morgan fingerprint density at radius 1 is 1.45 bits per heavy atom. The maximum Gasteiger partial charge on any atom is 0.340 e. The van der Waals surface area contributed by atoms with E-state index in [1.54, 1.807) is 13.1 Å². The molecule has 0 fully saturated rings. The number of aromatic nitrogens is 4. The van der Waals surface area contributed by atoms with E-state index in [1.165, 1.54) is 11.8 Å². The van der Waals surface area contributed by atoms with Crippen LogP contribution in [0, 0.1) is 6.92 Å². The summed E-state index contributed by atoms with van der Waals surface area (Å²) in [5.74, 6) is 1.12. The topological polar surface area (TPSA) is 80.9 Å². The molecule has 0 spiro atoms.